The van der Waals surface area contributed by atoms with Crippen molar-refractivity contribution in [2.24, 2.45) is 0 Å². The maximum absolute atomic E-state index is 12.3. The number of amides is 1. The molecule has 1 aromatic rings. The van der Waals surface area contributed by atoms with Crippen LogP contribution in [0.1, 0.15) is 33.3 Å². The number of benzene rings is 1. The van der Waals surface area contributed by atoms with Crippen molar-refractivity contribution in [1.82, 2.24) is 4.90 Å². The Kier molecular flexibility index (Phi) is 5.53. The number of aldehydes is 1. The second kappa shape index (κ2) is 6.70. The molecule has 0 saturated carbocycles. The van der Waals surface area contributed by atoms with Crippen molar-refractivity contribution in [2.75, 3.05) is 7.05 Å². The normalized spacial score (nSPS) is 14.5. The van der Waals surface area contributed by atoms with Crippen molar-refractivity contribution in [3.63, 3.8) is 0 Å². The van der Waals surface area contributed by atoms with Crippen LogP contribution in [0.2, 0.25) is 0 Å². The minimum atomic E-state index is -4.85. The molecule has 0 aliphatic rings. The Balaban J connectivity index is 3.16. The van der Waals surface area contributed by atoms with Gasteiger partial charge < -0.3 is 14.3 Å². The van der Waals surface area contributed by atoms with Crippen molar-refractivity contribution in [1.29, 1.82) is 0 Å². The van der Waals surface area contributed by atoms with Gasteiger partial charge in [-0.2, -0.15) is 0 Å². The van der Waals surface area contributed by atoms with Crippen molar-refractivity contribution >= 4 is 12.4 Å². The van der Waals surface area contributed by atoms with E-state index in [4.69, 9.17) is 4.74 Å². The van der Waals surface area contributed by atoms with Gasteiger partial charge in [-0.3, -0.25) is 4.90 Å². The Bertz CT molecular complexity index is 610. The molecule has 0 heterocycles. The molecular formula is C16H20F3NO4. The summed E-state index contributed by atoms with van der Waals surface area (Å²) < 4.78 is 46.1. The largest absolute Gasteiger partial charge is 0.573 e. The second-order valence-electron chi connectivity index (χ2n) is 6.38. The molecule has 1 unspecified atom stereocenters. The number of hydrogen-bond donors (Lipinski definition) is 0. The Labute approximate surface area is 138 Å². The molecular weight excluding hydrogens is 327 g/mol. The van der Waals surface area contributed by atoms with E-state index in [9.17, 15) is 22.8 Å². The summed E-state index contributed by atoms with van der Waals surface area (Å²) >= 11 is 0. The number of carbonyl (C=O) groups excluding carboxylic acids is 2. The van der Waals surface area contributed by atoms with Gasteiger partial charge in [0.05, 0.1) is 0 Å². The van der Waals surface area contributed by atoms with E-state index < -0.39 is 29.3 Å². The van der Waals surface area contributed by atoms with Crippen LogP contribution in [-0.2, 0) is 15.1 Å². The molecule has 0 saturated heterocycles. The molecule has 1 amide bonds. The zero-order chi connectivity index (χ0) is 18.8. The number of carbonyl (C=O) groups is 2. The number of halogens is 3. The van der Waals surface area contributed by atoms with Gasteiger partial charge in [-0.1, -0.05) is 12.1 Å². The van der Waals surface area contributed by atoms with Crippen LogP contribution in [0.25, 0.3) is 0 Å². The maximum atomic E-state index is 12.3. The molecule has 0 aromatic heterocycles. The summed E-state index contributed by atoms with van der Waals surface area (Å²) in [4.78, 5) is 24.8. The number of alkyl halides is 3. The first-order chi connectivity index (χ1) is 10.8. The van der Waals surface area contributed by atoms with E-state index >= 15 is 0 Å². The average Bonchev–Trinajstić information content (AvgIpc) is 2.42. The SMILES string of the molecule is CN(C(=O)OC(C)(C)C)C(C)(C=O)c1cccc(OC(F)(F)F)c1. The molecule has 24 heavy (non-hydrogen) atoms. The molecule has 134 valence electrons. The fourth-order valence-electron chi connectivity index (χ4n) is 1.87. The zero-order valence-electron chi connectivity index (χ0n) is 14.1. The van der Waals surface area contributed by atoms with Gasteiger partial charge in [0.2, 0.25) is 0 Å². The molecule has 0 aliphatic heterocycles. The number of nitrogens with zero attached hydrogens (tertiary/aromatic N) is 1. The highest BCUT2D eigenvalue weighted by Gasteiger charge is 2.38. The average molecular weight is 347 g/mol. The Morgan fingerprint density at radius 1 is 1.17 bits per heavy atom. The lowest BCUT2D eigenvalue weighted by Gasteiger charge is -2.35. The van der Waals surface area contributed by atoms with E-state index in [1.165, 1.54) is 26.1 Å². The third-order valence-corrected chi connectivity index (χ3v) is 3.25. The van der Waals surface area contributed by atoms with Crippen LogP contribution in [0.4, 0.5) is 18.0 Å². The summed E-state index contributed by atoms with van der Waals surface area (Å²) in [6, 6.07) is 4.90. The van der Waals surface area contributed by atoms with Gasteiger partial charge >= 0.3 is 12.5 Å². The summed E-state index contributed by atoms with van der Waals surface area (Å²) in [5.74, 6) is -0.481. The van der Waals surface area contributed by atoms with Crippen LogP contribution in [-0.4, -0.2) is 36.3 Å². The molecule has 0 spiro atoms. The van der Waals surface area contributed by atoms with Gasteiger partial charge in [-0.05, 0) is 45.4 Å². The predicted molar refractivity (Wildman–Crippen MR) is 80.5 cm³/mol. The molecule has 1 atom stereocenters. The summed E-state index contributed by atoms with van der Waals surface area (Å²) in [6.45, 7) is 6.38. The van der Waals surface area contributed by atoms with Crippen molar-refractivity contribution in [3.05, 3.63) is 29.8 Å². The van der Waals surface area contributed by atoms with Crippen molar-refractivity contribution in [3.8, 4) is 5.75 Å². The molecule has 1 rings (SSSR count). The first-order valence-corrected chi connectivity index (χ1v) is 7.08. The van der Waals surface area contributed by atoms with Gasteiger partial charge in [0.1, 0.15) is 23.2 Å². The lowest BCUT2D eigenvalue weighted by molar-refractivity contribution is -0.274. The Hall–Kier alpha value is -2.25. The highest BCUT2D eigenvalue weighted by Crippen LogP contribution is 2.31. The van der Waals surface area contributed by atoms with E-state index in [-0.39, 0.29) is 5.56 Å². The van der Waals surface area contributed by atoms with Crippen LogP contribution in [0.5, 0.6) is 5.75 Å². The van der Waals surface area contributed by atoms with E-state index in [0.29, 0.717) is 6.29 Å². The van der Waals surface area contributed by atoms with Crippen LogP contribution in [0.15, 0.2) is 24.3 Å². The molecule has 0 fully saturated rings. The molecule has 0 radical (unpaired) electrons. The number of likely N-dealkylation sites (N-methyl/N-ethyl adjacent to an activating group) is 1. The molecule has 0 N–H and O–H groups in total. The third kappa shape index (κ3) is 5.14. The lowest BCUT2D eigenvalue weighted by Crippen LogP contribution is -2.48. The van der Waals surface area contributed by atoms with E-state index in [0.717, 1.165) is 17.0 Å². The van der Waals surface area contributed by atoms with Crippen molar-refractivity contribution in [2.45, 2.75) is 45.2 Å². The van der Waals surface area contributed by atoms with Crippen LogP contribution in [0.3, 0.4) is 0 Å². The summed E-state index contributed by atoms with van der Waals surface area (Å²) in [5.41, 5.74) is -2.14. The Morgan fingerprint density at radius 2 is 1.75 bits per heavy atom. The molecule has 0 aliphatic carbocycles. The van der Waals surface area contributed by atoms with Crippen LogP contribution in [0, 0.1) is 0 Å². The predicted octanol–water partition coefficient (Wildman–Crippen LogP) is 3.87. The Morgan fingerprint density at radius 3 is 2.21 bits per heavy atom. The fraction of sp³-hybridized carbons (Fsp3) is 0.500. The molecule has 5 nitrogen and oxygen atoms in total. The summed E-state index contributed by atoms with van der Waals surface area (Å²) in [7, 11) is 1.33. The number of rotatable bonds is 4. The summed E-state index contributed by atoms with van der Waals surface area (Å²) in [6.07, 6.45) is -5.17. The second-order valence-corrected chi connectivity index (χ2v) is 6.38. The highest BCUT2D eigenvalue weighted by atomic mass is 19.4. The van der Waals surface area contributed by atoms with E-state index in [1.807, 2.05) is 0 Å². The fourth-order valence-corrected chi connectivity index (χ4v) is 1.87. The zero-order valence-corrected chi connectivity index (χ0v) is 14.1. The number of hydrogen-bond acceptors (Lipinski definition) is 4. The topological polar surface area (TPSA) is 55.8 Å². The molecule has 8 heteroatoms. The van der Waals surface area contributed by atoms with Gasteiger partial charge in [0.25, 0.3) is 0 Å². The molecule has 0 bridgehead atoms. The van der Waals surface area contributed by atoms with Crippen LogP contribution < -0.4 is 4.74 Å². The lowest BCUT2D eigenvalue weighted by atomic mass is 9.92. The van der Waals surface area contributed by atoms with Crippen LogP contribution >= 0.6 is 0 Å². The standard InChI is InChI=1S/C16H20F3NO4/c1-14(2,3)24-13(22)20(5)15(4,10-21)11-7-6-8-12(9-11)23-16(17,18)19/h6-10H,1-5H3. The number of ether oxygens (including phenoxy) is 2. The first-order valence-electron chi connectivity index (χ1n) is 7.08. The molecule has 1 aromatic carbocycles. The quantitative estimate of drug-likeness (QED) is 0.776. The van der Waals surface area contributed by atoms with Crippen molar-refractivity contribution < 1.29 is 32.2 Å². The third-order valence-electron chi connectivity index (χ3n) is 3.25. The minimum Gasteiger partial charge on any atom is -0.444 e. The minimum absolute atomic E-state index is 0.160. The van der Waals surface area contributed by atoms with Gasteiger partial charge in [-0.15, -0.1) is 13.2 Å². The van der Waals surface area contributed by atoms with E-state index in [2.05, 4.69) is 4.74 Å². The highest BCUT2D eigenvalue weighted by molar-refractivity contribution is 5.78. The van der Waals surface area contributed by atoms with E-state index in [1.54, 1.807) is 20.8 Å². The van der Waals surface area contributed by atoms with Gasteiger partial charge in [-0.25, -0.2) is 4.79 Å². The first kappa shape index (κ1) is 19.8. The summed E-state index contributed by atoms with van der Waals surface area (Å²) in [5, 5.41) is 0. The van der Waals surface area contributed by atoms with Gasteiger partial charge in [0.15, 0.2) is 0 Å². The maximum Gasteiger partial charge on any atom is 0.573 e. The van der Waals surface area contributed by atoms with Gasteiger partial charge in [0, 0.05) is 7.05 Å². The smallest absolute Gasteiger partial charge is 0.444 e. The monoisotopic (exact) mass is 347 g/mol.